The molecule has 0 amide bonds. The van der Waals surface area contributed by atoms with Crippen molar-refractivity contribution in [2.45, 2.75) is 13.3 Å². The van der Waals surface area contributed by atoms with Crippen molar-refractivity contribution in [3.8, 4) is 17.2 Å². The van der Waals surface area contributed by atoms with Crippen LogP contribution in [0.1, 0.15) is 27.0 Å². The molecule has 0 atom stereocenters. The summed E-state index contributed by atoms with van der Waals surface area (Å²) < 4.78 is 16.5. The summed E-state index contributed by atoms with van der Waals surface area (Å²) in [6.07, 6.45) is 1.83. The minimum atomic E-state index is -0.396. The molecule has 0 aliphatic carbocycles. The van der Waals surface area contributed by atoms with Crippen LogP contribution in [0.15, 0.2) is 72.5 Å². The number of allylic oxidation sites excluding steroid dienone is 1. The highest BCUT2D eigenvalue weighted by Gasteiger charge is 2.30. The third-order valence-corrected chi connectivity index (χ3v) is 4.87. The molecule has 1 heterocycles. The lowest BCUT2D eigenvalue weighted by molar-refractivity contribution is -0.133. The van der Waals surface area contributed by atoms with E-state index in [9.17, 15) is 9.59 Å². The molecule has 30 heavy (non-hydrogen) atoms. The average molecular weight is 400 g/mol. The van der Waals surface area contributed by atoms with Crippen molar-refractivity contribution in [1.29, 1.82) is 0 Å². The minimum absolute atomic E-state index is 0.124. The topological polar surface area (TPSA) is 61.8 Å². The van der Waals surface area contributed by atoms with Gasteiger partial charge in [0, 0.05) is 5.56 Å². The summed E-state index contributed by atoms with van der Waals surface area (Å²) in [5, 5.41) is 0. The fourth-order valence-electron chi connectivity index (χ4n) is 3.25. The van der Waals surface area contributed by atoms with Gasteiger partial charge in [0.25, 0.3) is 0 Å². The van der Waals surface area contributed by atoms with Gasteiger partial charge in [0.05, 0.1) is 19.1 Å². The van der Waals surface area contributed by atoms with Crippen LogP contribution in [0.3, 0.4) is 0 Å². The zero-order valence-electron chi connectivity index (χ0n) is 16.7. The maximum atomic E-state index is 12.7. The van der Waals surface area contributed by atoms with E-state index in [0.29, 0.717) is 22.6 Å². The first kappa shape index (κ1) is 19.5. The van der Waals surface area contributed by atoms with Crippen molar-refractivity contribution in [2.24, 2.45) is 0 Å². The Kier molecular flexibility index (Phi) is 5.35. The first-order valence-electron chi connectivity index (χ1n) is 9.51. The molecule has 0 radical (unpaired) electrons. The van der Waals surface area contributed by atoms with E-state index in [1.165, 1.54) is 0 Å². The Morgan fingerprint density at radius 3 is 2.43 bits per heavy atom. The standard InChI is InChI=1S/C25H20O5/c1-16-21(29-23(26)15-18-8-10-19(28-2)11-9-18)13-12-20-24(27)22(30-25(16)20)14-17-6-4-3-5-7-17/h3-14H,15H2,1-2H3/b22-14-. The van der Waals surface area contributed by atoms with Crippen LogP contribution >= 0.6 is 0 Å². The molecule has 0 spiro atoms. The first-order valence-corrected chi connectivity index (χ1v) is 9.51. The quantitative estimate of drug-likeness (QED) is 0.351. The van der Waals surface area contributed by atoms with Crippen LogP contribution in [0, 0.1) is 6.92 Å². The van der Waals surface area contributed by atoms with E-state index in [0.717, 1.165) is 16.9 Å². The van der Waals surface area contributed by atoms with Crippen molar-refractivity contribution in [1.82, 2.24) is 0 Å². The van der Waals surface area contributed by atoms with Gasteiger partial charge in [-0.15, -0.1) is 0 Å². The maximum absolute atomic E-state index is 12.7. The summed E-state index contributed by atoms with van der Waals surface area (Å²) in [5.41, 5.74) is 2.77. The second-order valence-corrected chi connectivity index (χ2v) is 6.91. The third kappa shape index (κ3) is 3.96. The van der Waals surface area contributed by atoms with Crippen LogP contribution in [0.4, 0.5) is 0 Å². The third-order valence-electron chi connectivity index (χ3n) is 4.87. The van der Waals surface area contributed by atoms with Crippen molar-refractivity contribution < 1.29 is 23.8 Å². The Morgan fingerprint density at radius 2 is 1.73 bits per heavy atom. The maximum Gasteiger partial charge on any atom is 0.315 e. The van der Waals surface area contributed by atoms with Crippen molar-refractivity contribution >= 4 is 17.8 Å². The molecule has 4 rings (SSSR count). The number of benzene rings is 3. The predicted octanol–water partition coefficient (Wildman–Crippen LogP) is 4.77. The molecule has 0 N–H and O–H groups in total. The highest BCUT2D eigenvalue weighted by Crippen LogP contribution is 2.39. The second kappa shape index (κ2) is 8.25. The van der Waals surface area contributed by atoms with Crippen LogP contribution in [0.5, 0.6) is 17.2 Å². The Balaban J connectivity index is 1.51. The zero-order chi connectivity index (χ0) is 21.1. The number of esters is 1. The minimum Gasteiger partial charge on any atom is -0.497 e. The molecule has 0 fully saturated rings. The number of carbonyl (C=O) groups is 2. The number of carbonyl (C=O) groups excluding carboxylic acids is 2. The van der Waals surface area contributed by atoms with Crippen molar-refractivity contribution in [2.75, 3.05) is 7.11 Å². The number of ketones is 1. The number of rotatable bonds is 5. The number of Topliss-reactive ketones (excluding diaryl/α,β-unsaturated/α-hetero) is 1. The van der Waals surface area contributed by atoms with E-state index in [1.807, 2.05) is 42.5 Å². The van der Waals surface area contributed by atoms with Crippen molar-refractivity contribution in [3.05, 3.63) is 94.7 Å². The molecule has 1 aliphatic rings. The Morgan fingerprint density at radius 1 is 1.00 bits per heavy atom. The zero-order valence-corrected chi connectivity index (χ0v) is 16.7. The molecule has 0 saturated heterocycles. The molecular weight excluding hydrogens is 380 g/mol. The monoisotopic (exact) mass is 400 g/mol. The van der Waals surface area contributed by atoms with Crippen molar-refractivity contribution in [3.63, 3.8) is 0 Å². The van der Waals surface area contributed by atoms with Crippen LogP contribution in [0.25, 0.3) is 6.08 Å². The summed E-state index contributed by atoms with van der Waals surface area (Å²) in [7, 11) is 1.59. The largest absolute Gasteiger partial charge is 0.497 e. The fraction of sp³-hybridized carbons (Fsp3) is 0.120. The number of hydrogen-bond donors (Lipinski definition) is 0. The van der Waals surface area contributed by atoms with Gasteiger partial charge in [-0.3, -0.25) is 9.59 Å². The molecule has 5 nitrogen and oxygen atoms in total. The first-order chi connectivity index (χ1) is 14.5. The van der Waals surface area contributed by atoms with Gasteiger partial charge < -0.3 is 14.2 Å². The highest BCUT2D eigenvalue weighted by molar-refractivity contribution is 6.15. The molecule has 0 aromatic heterocycles. The molecule has 3 aromatic rings. The number of methoxy groups -OCH3 is 1. The number of ether oxygens (including phenoxy) is 3. The number of fused-ring (bicyclic) bond motifs is 1. The summed E-state index contributed by atoms with van der Waals surface area (Å²) >= 11 is 0. The lowest BCUT2D eigenvalue weighted by Gasteiger charge is -2.10. The highest BCUT2D eigenvalue weighted by atomic mass is 16.5. The average Bonchev–Trinajstić information content (AvgIpc) is 3.07. The molecule has 1 aliphatic heterocycles. The molecule has 5 heteroatoms. The summed E-state index contributed by atoms with van der Waals surface area (Å²) in [6, 6.07) is 20.0. The van der Waals surface area contributed by atoms with Gasteiger partial charge in [0.2, 0.25) is 5.78 Å². The lowest BCUT2D eigenvalue weighted by Crippen LogP contribution is -2.12. The van der Waals surface area contributed by atoms with E-state index in [1.54, 1.807) is 44.4 Å². The summed E-state index contributed by atoms with van der Waals surface area (Å²) in [6.45, 7) is 1.77. The molecule has 3 aromatic carbocycles. The van der Waals surface area contributed by atoms with Crippen LogP contribution < -0.4 is 14.2 Å². The molecule has 0 bridgehead atoms. The Hall–Kier alpha value is -3.86. The fourth-order valence-corrected chi connectivity index (χ4v) is 3.25. The SMILES string of the molecule is COc1ccc(CC(=O)Oc2ccc3c(c2C)O/C(=C\c2ccccc2)C3=O)cc1. The van der Waals surface area contributed by atoms with E-state index < -0.39 is 5.97 Å². The molecule has 0 unspecified atom stereocenters. The van der Waals surface area contributed by atoms with E-state index in [-0.39, 0.29) is 18.0 Å². The number of hydrogen-bond acceptors (Lipinski definition) is 5. The van der Waals surface area contributed by atoms with Gasteiger partial charge in [-0.25, -0.2) is 0 Å². The van der Waals surface area contributed by atoms with E-state index in [2.05, 4.69) is 0 Å². The van der Waals surface area contributed by atoms with Gasteiger partial charge >= 0.3 is 5.97 Å². The van der Waals surface area contributed by atoms with Crippen LogP contribution in [0.2, 0.25) is 0 Å². The summed E-state index contributed by atoms with van der Waals surface area (Å²) in [5.74, 6) is 1.20. The van der Waals surface area contributed by atoms with Gasteiger partial charge in [-0.05, 0) is 48.4 Å². The molecular formula is C25H20O5. The normalized spacial score (nSPS) is 13.7. The van der Waals surface area contributed by atoms with Crippen LogP contribution in [-0.4, -0.2) is 18.9 Å². The van der Waals surface area contributed by atoms with Gasteiger partial charge in [0.15, 0.2) is 5.76 Å². The van der Waals surface area contributed by atoms with Gasteiger partial charge in [0.1, 0.15) is 17.2 Å². The molecule has 150 valence electrons. The van der Waals surface area contributed by atoms with E-state index >= 15 is 0 Å². The predicted molar refractivity (Wildman–Crippen MR) is 113 cm³/mol. The Bertz CT molecular complexity index is 1130. The van der Waals surface area contributed by atoms with Crippen LogP contribution in [-0.2, 0) is 11.2 Å². The van der Waals surface area contributed by atoms with E-state index in [4.69, 9.17) is 14.2 Å². The summed E-state index contributed by atoms with van der Waals surface area (Å²) in [4.78, 5) is 25.1. The molecule has 0 saturated carbocycles. The smallest absolute Gasteiger partial charge is 0.315 e. The van der Waals surface area contributed by atoms with Gasteiger partial charge in [-0.2, -0.15) is 0 Å². The van der Waals surface area contributed by atoms with Gasteiger partial charge in [-0.1, -0.05) is 42.5 Å². The second-order valence-electron chi connectivity index (χ2n) is 6.91. The Labute approximate surface area is 174 Å². The lowest BCUT2D eigenvalue weighted by atomic mass is 10.1.